The molecule has 31 heavy (non-hydrogen) atoms. The maximum absolute atomic E-state index is 13.4. The zero-order chi connectivity index (χ0) is 22.4. The Morgan fingerprint density at radius 1 is 1.32 bits per heavy atom. The molecule has 1 saturated carbocycles. The summed E-state index contributed by atoms with van der Waals surface area (Å²) in [4.78, 5) is 17.9. The van der Waals surface area contributed by atoms with Crippen molar-refractivity contribution in [2.24, 2.45) is 7.05 Å². The molecule has 1 aromatic carbocycles. The fourth-order valence-corrected chi connectivity index (χ4v) is 4.79. The lowest BCUT2D eigenvalue weighted by Gasteiger charge is -2.16. The van der Waals surface area contributed by atoms with E-state index in [1.165, 1.54) is 22.8 Å². The lowest BCUT2D eigenvalue weighted by molar-refractivity contribution is 0.208. The van der Waals surface area contributed by atoms with Gasteiger partial charge in [0.1, 0.15) is 0 Å². The second-order valence-electron chi connectivity index (χ2n) is 8.42. The first-order chi connectivity index (χ1) is 14.6. The Kier molecular flexibility index (Phi) is 5.36. The number of fused-ring (bicyclic) bond motifs is 1. The molecular formula is C20H26N6O4S. The third-order valence-electron chi connectivity index (χ3n) is 5.27. The van der Waals surface area contributed by atoms with Crippen LogP contribution in [0, 0.1) is 0 Å². The highest BCUT2D eigenvalue weighted by molar-refractivity contribution is 7.89. The van der Waals surface area contributed by atoms with Crippen molar-refractivity contribution in [1.29, 1.82) is 0 Å². The number of aryl methyl sites for hydroxylation is 1. The summed E-state index contributed by atoms with van der Waals surface area (Å²) in [5.41, 5.74) is 0.369. The van der Waals surface area contributed by atoms with E-state index in [2.05, 4.69) is 20.1 Å². The number of nitrogens with zero attached hydrogens (tertiary/aromatic N) is 4. The van der Waals surface area contributed by atoms with Gasteiger partial charge >= 0.3 is 0 Å². The van der Waals surface area contributed by atoms with Gasteiger partial charge in [0.05, 0.1) is 34.6 Å². The molecule has 0 radical (unpaired) electrons. The molecule has 1 aliphatic carbocycles. The summed E-state index contributed by atoms with van der Waals surface area (Å²) in [6, 6.07) is 4.35. The van der Waals surface area contributed by atoms with Crippen LogP contribution in [-0.2, 0) is 23.6 Å². The molecule has 2 heterocycles. The van der Waals surface area contributed by atoms with Crippen LogP contribution >= 0.6 is 0 Å². The molecular weight excluding hydrogens is 420 g/mol. The van der Waals surface area contributed by atoms with Crippen LogP contribution in [0.15, 0.2) is 40.3 Å². The fourth-order valence-electron chi connectivity index (χ4n) is 3.30. The van der Waals surface area contributed by atoms with E-state index < -0.39 is 21.7 Å². The number of hydrogen-bond donors (Lipinski definition) is 3. The maximum Gasteiger partial charge on any atom is 0.263 e. The van der Waals surface area contributed by atoms with E-state index in [0.717, 1.165) is 18.4 Å². The molecule has 10 nitrogen and oxygen atoms in total. The van der Waals surface area contributed by atoms with E-state index in [9.17, 15) is 18.3 Å². The fraction of sp³-hybridized carbons (Fsp3) is 0.450. The van der Waals surface area contributed by atoms with Crippen molar-refractivity contribution >= 4 is 26.9 Å². The van der Waals surface area contributed by atoms with Gasteiger partial charge in [-0.15, -0.1) is 0 Å². The van der Waals surface area contributed by atoms with Crippen LogP contribution in [0.3, 0.4) is 0 Å². The molecule has 3 aromatic rings. The van der Waals surface area contributed by atoms with Crippen LogP contribution < -0.4 is 15.6 Å². The summed E-state index contributed by atoms with van der Waals surface area (Å²) in [7, 11) is -1.97. The van der Waals surface area contributed by atoms with E-state index in [-0.39, 0.29) is 28.9 Å². The van der Waals surface area contributed by atoms with Gasteiger partial charge in [-0.1, -0.05) is 0 Å². The van der Waals surface area contributed by atoms with Crippen LogP contribution in [-0.4, -0.2) is 51.0 Å². The number of aliphatic hydroxyl groups excluding tert-OH is 1. The van der Waals surface area contributed by atoms with Crippen molar-refractivity contribution in [3.8, 4) is 0 Å². The largest absolute Gasteiger partial charge is 0.392 e. The average molecular weight is 447 g/mol. The Bertz CT molecular complexity index is 1290. The van der Waals surface area contributed by atoms with E-state index in [0.29, 0.717) is 11.5 Å². The second kappa shape index (κ2) is 7.74. The van der Waals surface area contributed by atoms with Crippen molar-refractivity contribution in [2.45, 2.75) is 49.8 Å². The normalized spacial score (nSPS) is 16.4. The minimum Gasteiger partial charge on any atom is -0.392 e. The number of benzene rings is 1. The second-order valence-corrected chi connectivity index (χ2v) is 10.1. The topological polar surface area (TPSA) is 131 Å². The van der Waals surface area contributed by atoms with Gasteiger partial charge in [-0.2, -0.15) is 5.10 Å². The summed E-state index contributed by atoms with van der Waals surface area (Å²) in [6.45, 7) is 3.89. The number of sulfonamides is 1. The predicted molar refractivity (Wildman–Crippen MR) is 116 cm³/mol. The van der Waals surface area contributed by atoms with Crippen molar-refractivity contribution in [3.05, 3.63) is 46.5 Å². The minimum atomic E-state index is -3.75. The Morgan fingerprint density at radius 3 is 2.68 bits per heavy atom. The quantitative estimate of drug-likeness (QED) is 0.466. The molecule has 0 spiro atoms. The van der Waals surface area contributed by atoms with Crippen molar-refractivity contribution in [3.63, 3.8) is 0 Å². The molecule has 1 fully saturated rings. The van der Waals surface area contributed by atoms with Gasteiger partial charge in [0.15, 0.2) is 0 Å². The molecule has 0 unspecified atom stereocenters. The number of nitrogens with one attached hydrogen (secondary N) is 2. The van der Waals surface area contributed by atoms with Gasteiger partial charge in [-0.3, -0.25) is 14.0 Å². The van der Waals surface area contributed by atoms with Gasteiger partial charge in [0.2, 0.25) is 16.0 Å². The highest BCUT2D eigenvalue weighted by Gasteiger charge is 2.41. The zero-order valence-electron chi connectivity index (χ0n) is 17.7. The van der Waals surface area contributed by atoms with Crippen LogP contribution in [0.2, 0.25) is 0 Å². The summed E-state index contributed by atoms with van der Waals surface area (Å²) in [5.74, 6) is 0.293. The van der Waals surface area contributed by atoms with Crippen molar-refractivity contribution in [2.75, 3.05) is 11.9 Å². The predicted octanol–water partition coefficient (Wildman–Crippen LogP) is 0.802. The lowest BCUT2D eigenvalue weighted by Crippen LogP contribution is -2.34. The van der Waals surface area contributed by atoms with Gasteiger partial charge in [0.25, 0.3) is 5.56 Å². The third kappa shape index (κ3) is 4.63. The van der Waals surface area contributed by atoms with E-state index in [1.807, 2.05) is 6.92 Å². The number of hydrogen-bond acceptors (Lipinski definition) is 7. The molecule has 11 heteroatoms. The smallest absolute Gasteiger partial charge is 0.263 e. The highest BCUT2D eigenvalue weighted by Crippen LogP contribution is 2.36. The highest BCUT2D eigenvalue weighted by atomic mass is 32.2. The molecule has 4 rings (SSSR count). The third-order valence-corrected chi connectivity index (χ3v) is 6.91. The summed E-state index contributed by atoms with van der Waals surface area (Å²) >= 11 is 0. The molecule has 0 amide bonds. The Balaban J connectivity index is 1.80. The first-order valence-electron chi connectivity index (χ1n) is 10.0. The summed E-state index contributed by atoms with van der Waals surface area (Å²) in [6.07, 6.45) is 4.38. The van der Waals surface area contributed by atoms with Crippen LogP contribution in [0.25, 0.3) is 10.9 Å². The Labute approximate surface area is 180 Å². The lowest BCUT2D eigenvalue weighted by atomic mass is 10.2. The number of aliphatic hydroxyl groups is 1. The van der Waals surface area contributed by atoms with Gasteiger partial charge in [-0.05, 0) is 44.9 Å². The molecule has 1 atom stereocenters. The average Bonchev–Trinajstić information content (AvgIpc) is 3.26. The van der Waals surface area contributed by atoms with E-state index >= 15 is 0 Å². The Morgan fingerprint density at radius 2 is 2.06 bits per heavy atom. The monoisotopic (exact) mass is 446 g/mol. The van der Waals surface area contributed by atoms with Gasteiger partial charge in [-0.25, -0.2) is 18.1 Å². The molecule has 3 N–H and O–H groups in total. The zero-order valence-corrected chi connectivity index (χ0v) is 18.5. The standard InChI is InChI=1S/C20H26N6O4S/c1-13(27)9-21-19-23-17-5-4-15(31(29,30)24-20(2)6-7-20)8-16(17)18(28)26(19)12-14-10-22-25(3)11-14/h4-5,8,10-11,13,24,27H,6-7,9,12H2,1-3H3,(H,21,23)/t13-/m0/s1. The molecule has 1 aliphatic rings. The van der Waals surface area contributed by atoms with Crippen LogP contribution in [0.4, 0.5) is 5.95 Å². The minimum absolute atomic E-state index is 0.0321. The van der Waals surface area contributed by atoms with Gasteiger partial charge < -0.3 is 10.4 Å². The van der Waals surface area contributed by atoms with Crippen molar-refractivity contribution in [1.82, 2.24) is 24.1 Å². The number of aromatic nitrogens is 4. The number of anilines is 1. The molecule has 0 bridgehead atoms. The molecule has 2 aromatic heterocycles. The number of rotatable bonds is 8. The maximum atomic E-state index is 13.4. The van der Waals surface area contributed by atoms with Gasteiger partial charge in [0, 0.05) is 30.9 Å². The van der Waals surface area contributed by atoms with Crippen molar-refractivity contribution < 1.29 is 13.5 Å². The molecule has 166 valence electrons. The summed E-state index contributed by atoms with van der Waals surface area (Å²) < 4.78 is 31.3. The SMILES string of the molecule is C[C@H](O)CNc1nc2ccc(S(=O)(=O)NC3(C)CC3)cc2c(=O)n1Cc1cnn(C)c1. The summed E-state index contributed by atoms with van der Waals surface area (Å²) in [5, 5.41) is 17.0. The molecule has 0 aliphatic heterocycles. The Hall–Kier alpha value is -2.76. The van der Waals surface area contributed by atoms with Crippen LogP contribution in [0.1, 0.15) is 32.3 Å². The first kappa shape index (κ1) is 21.5. The molecule has 0 saturated heterocycles. The van der Waals surface area contributed by atoms with E-state index in [1.54, 1.807) is 31.0 Å². The van der Waals surface area contributed by atoms with E-state index in [4.69, 9.17) is 0 Å². The first-order valence-corrected chi connectivity index (χ1v) is 11.5. The van der Waals surface area contributed by atoms with Crippen LogP contribution in [0.5, 0.6) is 0 Å².